The van der Waals surface area contributed by atoms with Crippen molar-refractivity contribution < 1.29 is 8.42 Å². The van der Waals surface area contributed by atoms with Crippen LogP contribution in [-0.2, 0) is 16.6 Å². The lowest BCUT2D eigenvalue weighted by molar-refractivity contribution is 0.595. The maximum atomic E-state index is 12.0. The van der Waals surface area contributed by atoms with Crippen molar-refractivity contribution in [2.24, 2.45) is 4.99 Å². The molecule has 3 aromatic rings. The lowest BCUT2D eigenvalue weighted by Gasteiger charge is -2.02. The molecule has 1 aliphatic rings. The van der Waals surface area contributed by atoms with Crippen LogP contribution in [0.3, 0.4) is 0 Å². The third-order valence-electron chi connectivity index (χ3n) is 3.43. The van der Waals surface area contributed by atoms with Crippen LogP contribution in [0.5, 0.6) is 0 Å². The number of fused-ring (bicyclic) bond motifs is 2. The molecule has 1 N–H and O–H groups in total. The zero-order valence-electron chi connectivity index (χ0n) is 11.3. The third-order valence-corrected chi connectivity index (χ3v) is 4.83. The monoisotopic (exact) mass is 313 g/mol. The highest BCUT2D eigenvalue weighted by Crippen LogP contribution is 2.22. The fraction of sp³-hybridized carbons (Fsp3) is 0.0714. The van der Waals surface area contributed by atoms with Gasteiger partial charge in [-0.3, -0.25) is 9.71 Å². The van der Waals surface area contributed by atoms with E-state index in [1.807, 2.05) is 0 Å². The Kier molecular flexibility index (Phi) is 2.73. The average molecular weight is 313 g/mol. The minimum Gasteiger partial charge on any atom is -0.263 e. The summed E-state index contributed by atoms with van der Waals surface area (Å²) in [4.78, 5) is 8.84. The van der Waals surface area contributed by atoms with E-state index >= 15 is 0 Å². The summed E-state index contributed by atoms with van der Waals surface area (Å²) in [6, 6.07) is 10.4. The van der Waals surface area contributed by atoms with Crippen molar-refractivity contribution in [1.82, 2.24) is 19.3 Å². The van der Waals surface area contributed by atoms with Gasteiger partial charge in [-0.15, -0.1) is 0 Å². The Labute approximate surface area is 126 Å². The Morgan fingerprint density at radius 1 is 1.14 bits per heavy atom. The van der Waals surface area contributed by atoms with Gasteiger partial charge in [-0.1, -0.05) is 12.1 Å². The Morgan fingerprint density at radius 2 is 2.00 bits per heavy atom. The van der Waals surface area contributed by atoms with Crippen molar-refractivity contribution in [3.05, 3.63) is 60.0 Å². The number of amidine groups is 1. The molecule has 22 heavy (non-hydrogen) atoms. The highest BCUT2D eigenvalue weighted by Gasteiger charge is 2.29. The number of hydrogen-bond acceptors (Lipinski definition) is 5. The predicted molar refractivity (Wildman–Crippen MR) is 80.0 cm³/mol. The molecule has 0 fully saturated rings. The van der Waals surface area contributed by atoms with Gasteiger partial charge in [0, 0.05) is 17.8 Å². The average Bonchev–Trinajstić information content (AvgIpc) is 3.09. The lowest BCUT2D eigenvalue weighted by Crippen LogP contribution is -2.22. The summed E-state index contributed by atoms with van der Waals surface area (Å²) in [7, 11) is -3.51. The normalized spacial score (nSPS) is 17.5. The van der Waals surface area contributed by atoms with Gasteiger partial charge in [0.2, 0.25) is 0 Å². The highest BCUT2D eigenvalue weighted by atomic mass is 32.2. The maximum Gasteiger partial charge on any atom is 0.263 e. The number of nitrogens with zero attached hydrogens (tertiary/aromatic N) is 4. The van der Waals surface area contributed by atoms with Crippen LogP contribution < -0.4 is 4.72 Å². The molecular weight excluding hydrogens is 302 g/mol. The van der Waals surface area contributed by atoms with E-state index in [4.69, 9.17) is 0 Å². The number of nitrogens with one attached hydrogen (secondary N) is 1. The molecule has 0 unspecified atom stereocenters. The molecule has 1 aliphatic heterocycles. The molecule has 110 valence electrons. The highest BCUT2D eigenvalue weighted by molar-refractivity contribution is 7.90. The number of aromatic nitrogens is 3. The fourth-order valence-electron chi connectivity index (χ4n) is 2.42. The van der Waals surface area contributed by atoms with E-state index in [9.17, 15) is 8.42 Å². The predicted octanol–water partition coefficient (Wildman–Crippen LogP) is 0.968. The smallest absolute Gasteiger partial charge is 0.263 e. The summed E-state index contributed by atoms with van der Waals surface area (Å²) in [6.07, 6.45) is 3.34. The zero-order chi connectivity index (χ0) is 15.2. The quantitative estimate of drug-likeness (QED) is 0.763. The van der Waals surface area contributed by atoms with Gasteiger partial charge >= 0.3 is 0 Å². The number of sulfonamides is 1. The fourth-order valence-corrected chi connectivity index (χ4v) is 3.67. The summed E-state index contributed by atoms with van der Waals surface area (Å²) in [6.45, 7) is 0.298. The Hall–Kier alpha value is -2.74. The standard InChI is InChI=1S/C14H11N5O2S/c20-22(21)12-4-2-1-3-11(12)14(18-22)16-9-10-5-7-15-13-6-8-17-19(10)13/h1-8H,9H2,(H,16,18). The molecule has 0 saturated carbocycles. The van der Waals surface area contributed by atoms with Gasteiger partial charge in [0.15, 0.2) is 5.65 Å². The minimum absolute atomic E-state index is 0.257. The first-order chi connectivity index (χ1) is 10.6. The van der Waals surface area contributed by atoms with Gasteiger partial charge < -0.3 is 0 Å². The van der Waals surface area contributed by atoms with Crippen LogP contribution in [0, 0.1) is 0 Å². The largest absolute Gasteiger partial charge is 0.263 e. The van der Waals surface area contributed by atoms with Crippen molar-refractivity contribution in [3.63, 3.8) is 0 Å². The zero-order valence-corrected chi connectivity index (χ0v) is 12.2. The Bertz CT molecular complexity index is 1010. The van der Waals surface area contributed by atoms with Crippen molar-refractivity contribution in [2.75, 3.05) is 0 Å². The molecule has 0 spiro atoms. The van der Waals surface area contributed by atoms with Crippen LogP contribution in [-0.4, -0.2) is 28.9 Å². The summed E-state index contributed by atoms with van der Waals surface area (Å²) in [5.41, 5.74) is 2.14. The topological polar surface area (TPSA) is 88.7 Å². The first kappa shape index (κ1) is 13.0. The van der Waals surface area contributed by atoms with E-state index in [0.717, 1.165) is 11.3 Å². The Morgan fingerprint density at radius 3 is 2.91 bits per heavy atom. The van der Waals surface area contributed by atoms with Crippen molar-refractivity contribution in [3.8, 4) is 0 Å². The second-order valence-corrected chi connectivity index (χ2v) is 6.45. The molecule has 1 aromatic carbocycles. The molecule has 0 bridgehead atoms. The van der Waals surface area contributed by atoms with Crippen molar-refractivity contribution in [1.29, 1.82) is 0 Å². The first-order valence-corrected chi connectivity index (χ1v) is 8.08. The number of rotatable bonds is 2. The molecule has 8 heteroatoms. The van der Waals surface area contributed by atoms with Gasteiger partial charge in [-0.05, 0) is 18.2 Å². The van der Waals surface area contributed by atoms with Crippen LogP contribution in [0.2, 0.25) is 0 Å². The first-order valence-electron chi connectivity index (χ1n) is 6.59. The molecule has 0 amide bonds. The van der Waals surface area contributed by atoms with Gasteiger partial charge in [0.1, 0.15) is 5.84 Å². The van der Waals surface area contributed by atoms with E-state index in [0.29, 0.717) is 17.9 Å². The van der Waals surface area contributed by atoms with E-state index in [1.165, 1.54) is 0 Å². The van der Waals surface area contributed by atoms with Crippen LogP contribution in [0.4, 0.5) is 0 Å². The molecule has 7 nitrogen and oxygen atoms in total. The van der Waals surface area contributed by atoms with E-state index in [1.54, 1.807) is 53.3 Å². The van der Waals surface area contributed by atoms with Crippen molar-refractivity contribution in [2.45, 2.75) is 11.4 Å². The molecule has 0 radical (unpaired) electrons. The van der Waals surface area contributed by atoms with E-state index < -0.39 is 10.0 Å². The summed E-state index contributed by atoms with van der Waals surface area (Å²) in [5.74, 6) is 0.354. The Balaban J connectivity index is 1.75. The molecule has 0 aliphatic carbocycles. The van der Waals surface area contributed by atoms with Crippen LogP contribution in [0.1, 0.15) is 11.3 Å². The number of aliphatic imine (C=N–C) groups is 1. The van der Waals surface area contributed by atoms with Crippen LogP contribution in [0.25, 0.3) is 5.65 Å². The second-order valence-electron chi connectivity index (χ2n) is 4.80. The molecule has 2 aromatic heterocycles. The SMILES string of the molecule is O=S1(=O)NC(=NCc2ccnc3ccnn23)c2ccccc21. The molecule has 3 heterocycles. The van der Waals surface area contributed by atoms with Crippen molar-refractivity contribution >= 4 is 21.5 Å². The number of hydrogen-bond donors (Lipinski definition) is 1. The minimum atomic E-state index is -3.51. The van der Waals surface area contributed by atoms with E-state index in [2.05, 4.69) is 19.8 Å². The molecular formula is C14H11N5O2S. The van der Waals surface area contributed by atoms with Gasteiger partial charge in [0.25, 0.3) is 10.0 Å². The van der Waals surface area contributed by atoms with Gasteiger partial charge in [-0.25, -0.2) is 17.9 Å². The maximum absolute atomic E-state index is 12.0. The van der Waals surface area contributed by atoms with E-state index in [-0.39, 0.29) is 4.90 Å². The molecule has 0 saturated heterocycles. The summed E-state index contributed by atoms with van der Waals surface area (Å²) < 4.78 is 28.2. The lowest BCUT2D eigenvalue weighted by atomic mass is 10.2. The third kappa shape index (κ3) is 1.96. The van der Waals surface area contributed by atoms with Crippen LogP contribution >= 0.6 is 0 Å². The summed E-state index contributed by atoms with van der Waals surface area (Å²) in [5, 5.41) is 4.18. The van der Waals surface area contributed by atoms with Crippen LogP contribution in [0.15, 0.2) is 58.7 Å². The second kappa shape index (κ2) is 4.63. The number of benzene rings is 1. The van der Waals surface area contributed by atoms with Gasteiger partial charge in [0.05, 0.1) is 23.3 Å². The van der Waals surface area contributed by atoms with Gasteiger partial charge in [-0.2, -0.15) is 5.10 Å². The molecule has 0 atom stereocenters. The summed E-state index contributed by atoms with van der Waals surface area (Å²) >= 11 is 0. The molecule has 4 rings (SSSR count).